The van der Waals surface area contributed by atoms with Crippen molar-refractivity contribution in [3.8, 4) is 0 Å². The molecule has 0 atom stereocenters. The SMILES string of the molecule is CC(C)=CC(=O)Nc1ccc2[nH]c(C)cc2c1. The number of amides is 1. The van der Waals surface area contributed by atoms with Crippen molar-refractivity contribution in [1.82, 2.24) is 4.98 Å². The number of carbonyl (C=O) groups is 1. The van der Waals surface area contributed by atoms with Gasteiger partial charge in [-0.05, 0) is 45.0 Å². The van der Waals surface area contributed by atoms with Gasteiger partial charge in [-0.1, -0.05) is 5.57 Å². The largest absolute Gasteiger partial charge is 0.359 e. The monoisotopic (exact) mass is 228 g/mol. The second kappa shape index (κ2) is 4.45. The zero-order chi connectivity index (χ0) is 12.4. The molecule has 0 aliphatic rings. The topological polar surface area (TPSA) is 44.9 Å². The van der Waals surface area contributed by atoms with Crippen molar-refractivity contribution in [1.29, 1.82) is 0 Å². The quantitative estimate of drug-likeness (QED) is 0.760. The molecule has 2 rings (SSSR count). The van der Waals surface area contributed by atoms with Gasteiger partial charge in [0.15, 0.2) is 0 Å². The average molecular weight is 228 g/mol. The first kappa shape index (κ1) is 11.5. The van der Waals surface area contributed by atoms with Gasteiger partial charge in [0.2, 0.25) is 5.91 Å². The molecule has 0 saturated heterocycles. The number of carbonyl (C=O) groups excluding carboxylic acids is 1. The summed E-state index contributed by atoms with van der Waals surface area (Å²) in [4.78, 5) is 14.8. The Labute approximate surface area is 101 Å². The number of fused-ring (bicyclic) bond motifs is 1. The van der Waals surface area contributed by atoms with E-state index in [-0.39, 0.29) is 5.91 Å². The van der Waals surface area contributed by atoms with Gasteiger partial charge in [-0.3, -0.25) is 4.79 Å². The molecule has 0 spiro atoms. The summed E-state index contributed by atoms with van der Waals surface area (Å²) in [5.74, 6) is -0.0865. The normalized spacial score (nSPS) is 10.3. The molecule has 0 unspecified atom stereocenters. The van der Waals surface area contributed by atoms with E-state index < -0.39 is 0 Å². The van der Waals surface area contributed by atoms with E-state index in [9.17, 15) is 4.79 Å². The molecule has 1 aromatic carbocycles. The second-order valence-electron chi connectivity index (χ2n) is 4.47. The number of aromatic nitrogens is 1. The van der Waals surface area contributed by atoms with Crippen molar-refractivity contribution in [3.63, 3.8) is 0 Å². The van der Waals surface area contributed by atoms with E-state index in [1.165, 1.54) is 0 Å². The lowest BCUT2D eigenvalue weighted by molar-refractivity contribution is -0.111. The van der Waals surface area contributed by atoms with Crippen molar-refractivity contribution < 1.29 is 4.79 Å². The molecule has 1 heterocycles. The first-order valence-corrected chi connectivity index (χ1v) is 5.60. The highest BCUT2D eigenvalue weighted by atomic mass is 16.1. The van der Waals surface area contributed by atoms with E-state index >= 15 is 0 Å². The summed E-state index contributed by atoms with van der Waals surface area (Å²) in [6.45, 7) is 5.82. The Morgan fingerprint density at radius 3 is 2.76 bits per heavy atom. The predicted molar refractivity (Wildman–Crippen MR) is 71.1 cm³/mol. The highest BCUT2D eigenvalue weighted by molar-refractivity contribution is 6.01. The van der Waals surface area contributed by atoms with Gasteiger partial charge in [0, 0.05) is 28.4 Å². The fraction of sp³-hybridized carbons (Fsp3) is 0.214. The molecule has 0 aliphatic heterocycles. The number of benzene rings is 1. The molecule has 3 heteroatoms. The van der Waals surface area contributed by atoms with Gasteiger partial charge in [-0.2, -0.15) is 0 Å². The van der Waals surface area contributed by atoms with Crippen molar-refractivity contribution >= 4 is 22.5 Å². The Morgan fingerprint density at radius 2 is 2.06 bits per heavy atom. The van der Waals surface area contributed by atoms with Crippen molar-refractivity contribution in [2.45, 2.75) is 20.8 Å². The molecule has 0 aliphatic carbocycles. The lowest BCUT2D eigenvalue weighted by Gasteiger charge is -2.02. The fourth-order valence-electron chi connectivity index (χ4n) is 1.80. The number of aryl methyl sites for hydroxylation is 1. The van der Waals surface area contributed by atoms with Crippen LogP contribution in [0.25, 0.3) is 10.9 Å². The van der Waals surface area contributed by atoms with Crippen LogP contribution in [0.2, 0.25) is 0 Å². The molecule has 3 nitrogen and oxygen atoms in total. The first-order valence-electron chi connectivity index (χ1n) is 5.60. The Morgan fingerprint density at radius 1 is 1.29 bits per heavy atom. The summed E-state index contributed by atoms with van der Waals surface area (Å²) >= 11 is 0. The van der Waals surface area contributed by atoms with Crippen LogP contribution in [0.5, 0.6) is 0 Å². The summed E-state index contributed by atoms with van der Waals surface area (Å²) < 4.78 is 0. The van der Waals surface area contributed by atoms with Gasteiger partial charge in [0.05, 0.1) is 0 Å². The van der Waals surface area contributed by atoms with E-state index in [2.05, 4.69) is 16.4 Å². The summed E-state index contributed by atoms with van der Waals surface area (Å²) in [5.41, 5.74) is 4.01. The highest BCUT2D eigenvalue weighted by Crippen LogP contribution is 2.19. The lowest BCUT2D eigenvalue weighted by Crippen LogP contribution is -2.08. The summed E-state index contributed by atoms with van der Waals surface area (Å²) in [7, 11) is 0. The van der Waals surface area contributed by atoms with Crippen LogP contribution in [0.4, 0.5) is 5.69 Å². The lowest BCUT2D eigenvalue weighted by atomic mass is 10.2. The first-order chi connectivity index (χ1) is 8.04. The molecular formula is C14H16N2O. The third kappa shape index (κ3) is 2.75. The van der Waals surface area contributed by atoms with E-state index in [1.54, 1.807) is 6.08 Å². The Hall–Kier alpha value is -2.03. The van der Waals surface area contributed by atoms with Crippen LogP contribution in [0.1, 0.15) is 19.5 Å². The van der Waals surface area contributed by atoms with Crippen LogP contribution >= 0.6 is 0 Å². The molecule has 1 aromatic heterocycles. The number of anilines is 1. The van der Waals surface area contributed by atoms with Crippen LogP contribution in [0.15, 0.2) is 35.9 Å². The van der Waals surface area contributed by atoms with Crippen LogP contribution < -0.4 is 5.32 Å². The zero-order valence-electron chi connectivity index (χ0n) is 10.3. The molecule has 2 N–H and O–H groups in total. The highest BCUT2D eigenvalue weighted by Gasteiger charge is 2.01. The zero-order valence-corrected chi connectivity index (χ0v) is 10.3. The van der Waals surface area contributed by atoms with Crippen LogP contribution in [-0.4, -0.2) is 10.9 Å². The molecule has 17 heavy (non-hydrogen) atoms. The predicted octanol–water partition coefficient (Wildman–Crippen LogP) is 3.38. The average Bonchev–Trinajstić information content (AvgIpc) is 2.55. The van der Waals surface area contributed by atoms with E-state index in [0.717, 1.165) is 27.9 Å². The third-order valence-corrected chi connectivity index (χ3v) is 2.44. The van der Waals surface area contributed by atoms with Crippen molar-refractivity contribution in [2.75, 3.05) is 5.32 Å². The number of allylic oxidation sites excluding steroid dienone is 1. The van der Waals surface area contributed by atoms with Gasteiger partial charge >= 0.3 is 0 Å². The summed E-state index contributed by atoms with van der Waals surface area (Å²) in [6.07, 6.45) is 1.59. The number of H-pyrrole nitrogens is 1. The number of hydrogen-bond donors (Lipinski definition) is 2. The van der Waals surface area contributed by atoms with Crippen molar-refractivity contribution in [2.24, 2.45) is 0 Å². The Balaban J connectivity index is 2.25. The molecule has 88 valence electrons. The molecule has 0 saturated carbocycles. The molecule has 0 bridgehead atoms. The van der Waals surface area contributed by atoms with Crippen LogP contribution in [0, 0.1) is 6.92 Å². The van der Waals surface area contributed by atoms with E-state index in [1.807, 2.05) is 39.0 Å². The van der Waals surface area contributed by atoms with Crippen LogP contribution in [-0.2, 0) is 4.79 Å². The maximum Gasteiger partial charge on any atom is 0.248 e. The maximum atomic E-state index is 11.6. The third-order valence-electron chi connectivity index (χ3n) is 2.44. The molecular weight excluding hydrogens is 212 g/mol. The van der Waals surface area contributed by atoms with Gasteiger partial charge in [-0.25, -0.2) is 0 Å². The Kier molecular flexibility index (Phi) is 3.00. The number of hydrogen-bond acceptors (Lipinski definition) is 1. The number of nitrogens with one attached hydrogen (secondary N) is 2. The molecule has 0 fully saturated rings. The molecule has 2 aromatic rings. The molecule has 1 amide bonds. The second-order valence-corrected chi connectivity index (χ2v) is 4.47. The maximum absolute atomic E-state index is 11.6. The van der Waals surface area contributed by atoms with E-state index in [4.69, 9.17) is 0 Å². The smallest absolute Gasteiger partial charge is 0.248 e. The summed E-state index contributed by atoms with van der Waals surface area (Å²) in [5, 5.41) is 3.95. The van der Waals surface area contributed by atoms with Gasteiger partial charge in [-0.15, -0.1) is 0 Å². The fourth-order valence-corrected chi connectivity index (χ4v) is 1.80. The van der Waals surface area contributed by atoms with Gasteiger partial charge < -0.3 is 10.3 Å². The number of rotatable bonds is 2. The molecule has 0 radical (unpaired) electrons. The minimum absolute atomic E-state index is 0.0865. The standard InChI is InChI=1S/C14H16N2O/c1-9(2)6-14(17)16-12-4-5-13-11(8-12)7-10(3)15-13/h4-8,15H,1-3H3,(H,16,17). The minimum Gasteiger partial charge on any atom is -0.359 e. The van der Waals surface area contributed by atoms with Crippen molar-refractivity contribution in [3.05, 3.63) is 41.6 Å². The van der Waals surface area contributed by atoms with Gasteiger partial charge in [0.1, 0.15) is 0 Å². The van der Waals surface area contributed by atoms with Crippen LogP contribution in [0.3, 0.4) is 0 Å². The Bertz CT molecular complexity index is 589. The number of aromatic amines is 1. The van der Waals surface area contributed by atoms with E-state index in [0.29, 0.717) is 0 Å². The minimum atomic E-state index is -0.0865. The van der Waals surface area contributed by atoms with Gasteiger partial charge in [0.25, 0.3) is 0 Å². The summed E-state index contributed by atoms with van der Waals surface area (Å²) in [6, 6.07) is 7.90.